The van der Waals surface area contributed by atoms with Gasteiger partial charge >= 0.3 is 0 Å². The van der Waals surface area contributed by atoms with Crippen molar-refractivity contribution in [2.24, 2.45) is 0 Å². The van der Waals surface area contributed by atoms with E-state index in [1.165, 1.54) is 70.8 Å². The molecule has 0 bridgehead atoms. The molecule has 0 heterocycles. The molecule has 2 nitrogen and oxygen atoms in total. The standard InChI is InChI=1S/C17H38NO/c1-5-6-7-8-9-10-11-12-13-14-15-18(3,4)16-17(2)19/h17,19H,5-16H2,1-4H3/q+1. The quantitative estimate of drug-likeness (QED) is 0.390. The molecule has 0 aliphatic rings. The Morgan fingerprint density at radius 3 is 1.63 bits per heavy atom. The second-order valence-corrected chi connectivity index (χ2v) is 6.87. The summed E-state index contributed by atoms with van der Waals surface area (Å²) in [6.45, 7) is 6.23. The topological polar surface area (TPSA) is 20.2 Å². The molecule has 2 heteroatoms. The summed E-state index contributed by atoms with van der Waals surface area (Å²) in [4.78, 5) is 0. The maximum absolute atomic E-state index is 9.43. The molecule has 0 aromatic rings. The molecule has 1 N–H and O–H groups in total. The third-order valence-corrected chi connectivity index (χ3v) is 3.88. The zero-order valence-electron chi connectivity index (χ0n) is 14.0. The Labute approximate surface area is 121 Å². The predicted octanol–water partition coefficient (Wildman–Crippen LogP) is 4.36. The van der Waals surface area contributed by atoms with Gasteiger partial charge in [-0.15, -0.1) is 0 Å². The van der Waals surface area contributed by atoms with Crippen LogP contribution in [-0.4, -0.2) is 42.9 Å². The van der Waals surface area contributed by atoms with Crippen LogP contribution in [0.25, 0.3) is 0 Å². The maximum Gasteiger partial charge on any atom is 0.104 e. The molecule has 19 heavy (non-hydrogen) atoms. The van der Waals surface area contributed by atoms with E-state index in [2.05, 4.69) is 21.0 Å². The molecule has 0 spiro atoms. The Morgan fingerprint density at radius 2 is 1.21 bits per heavy atom. The number of aliphatic hydroxyl groups excluding tert-OH is 1. The first kappa shape index (κ1) is 18.9. The van der Waals surface area contributed by atoms with Crippen LogP contribution in [0.5, 0.6) is 0 Å². The van der Waals surface area contributed by atoms with Crippen molar-refractivity contribution in [3.63, 3.8) is 0 Å². The fourth-order valence-electron chi connectivity index (χ4n) is 2.83. The van der Waals surface area contributed by atoms with Gasteiger partial charge in [-0.1, -0.05) is 58.3 Å². The molecular weight excluding hydrogens is 234 g/mol. The molecule has 1 atom stereocenters. The Bertz CT molecular complexity index is 190. The van der Waals surface area contributed by atoms with Gasteiger partial charge < -0.3 is 9.59 Å². The minimum atomic E-state index is -0.182. The molecule has 0 fully saturated rings. The zero-order chi connectivity index (χ0) is 14.6. The Morgan fingerprint density at radius 1 is 0.789 bits per heavy atom. The summed E-state index contributed by atoms with van der Waals surface area (Å²) in [6, 6.07) is 0. The van der Waals surface area contributed by atoms with Crippen molar-refractivity contribution in [3.8, 4) is 0 Å². The lowest BCUT2D eigenvalue weighted by atomic mass is 10.1. The van der Waals surface area contributed by atoms with Crippen molar-refractivity contribution in [3.05, 3.63) is 0 Å². The second kappa shape index (κ2) is 11.7. The van der Waals surface area contributed by atoms with E-state index in [0.29, 0.717) is 0 Å². The molecule has 116 valence electrons. The molecule has 0 aliphatic carbocycles. The van der Waals surface area contributed by atoms with Gasteiger partial charge in [-0.05, 0) is 19.8 Å². The van der Waals surface area contributed by atoms with Gasteiger partial charge in [-0.25, -0.2) is 0 Å². The minimum Gasteiger partial charge on any atom is -0.388 e. The van der Waals surface area contributed by atoms with Crippen LogP contribution in [0.1, 0.15) is 78.1 Å². The molecule has 0 saturated heterocycles. The smallest absolute Gasteiger partial charge is 0.104 e. The third kappa shape index (κ3) is 14.1. The van der Waals surface area contributed by atoms with Crippen LogP contribution in [0.15, 0.2) is 0 Å². The molecule has 0 aliphatic heterocycles. The predicted molar refractivity (Wildman–Crippen MR) is 85.4 cm³/mol. The number of hydrogen-bond acceptors (Lipinski definition) is 1. The van der Waals surface area contributed by atoms with Gasteiger partial charge in [0.1, 0.15) is 12.6 Å². The van der Waals surface area contributed by atoms with Crippen molar-refractivity contribution in [2.75, 3.05) is 27.2 Å². The lowest BCUT2D eigenvalue weighted by Gasteiger charge is -2.31. The van der Waals surface area contributed by atoms with Crippen molar-refractivity contribution < 1.29 is 9.59 Å². The van der Waals surface area contributed by atoms with Crippen molar-refractivity contribution in [1.82, 2.24) is 0 Å². The number of aliphatic hydroxyl groups is 1. The van der Waals surface area contributed by atoms with Crippen molar-refractivity contribution in [2.45, 2.75) is 84.2 Å². The summed E-state index contributed by atoms with van der Waals surface area (Å²) in [7, 11) is 4.45. The summed E-state index contributed by atoms with van der Waals surface area (Å²) in [5.41, 5.74) is 0. The lowest BCUT2D eigenvalue weighted by molar-refractivity contribution is -0.893. The van der Waals surface area contributed by atoms with Gasteiger partial charge in [0.25, 0.3) is 0 Å². The van der Waals surface area contributed by atoms with Gasteiger partial charge in [0.05, 0.1) is 20.6 Å². The molecule has 0 aromatic heterocycles. The molecule has 0 radical (unpaired) electrons. The molecule has 0 saturated carbocycles. The van der Waals surface area contributed by atoms with E-state index in [-0.39, 0.29) is 6.10 Å². The first-order valence-electron chi connectivity index (χ1n) is 8.48. The van der Waals surface area contributed by atoms with E-state index < -0.39 is 0 Å². The van der Waals surface area contributed by atoms with Crippen LogP contribution in [0.4, 0.5) is 0 Å². The number of likely N-dealkylation sites (N-methyl/N-ethyl adjacent to an activating group) is 1. The number of hydrogen-bond donors (Lipinski definition) is 1. The molecule has 1 unspecified atom stereocenters. The normalized spacial score (nSPS) is 13.7. The number of rotatable bonds is 13. The molecule has 0 amide bonds. The molecule has 0 aromatic carbocycles. The SMILES string of the molecule is CCCCCCCCCCCC[N+](C)(C)CC(C)O. The monoisotopic (exact) mass is 272 g/mol. The van der Waals surface area contributed by atoms with Crippen LogP contribution in [0, 0.1) is 0 Å². The van der Waals surface area contributed by atoms with Crippen LogP contribution in [0.3, 0.4) is 0 Å². The largest absolute Gasteiger partial charge is 0.388 e. The summed E-state index contributed by atoms with van der Waals surface area (Å²) in [5.74, 6) is 0. The van der Waals surface area contributed by atoms with Gasteiger partial charge in [0.2, 0.25) is 0 Å². The van der Waals surface area contributed by atoms with Gasteiger partial charge in [0.15, 0.2) is 0 Å². The van der Waals surface area contributed by atoms with Crippen molar-refractivity contribution in [1.29, 1.82) is 0 Å². The van der Waals surface area contributed by atoms with Crippen molar-refractivity contribution >= 4 is 0 Å². The summed E-state index contributed by atoms with van der Waals surface area (Å²) >= 11 is 0. The average Bonchev–Trinajstić information content (AvgIpc) is 2.30. The second-order valence-electron chi connectivity index (χ2n) is 6.87. The highest BCUT2D eigenvalue weighted by atomic mass is 16.3. The molecule has 0 rings (SSSR count). The van der Waals surface area contributed by atoms with Crippen LogP contribution < -0.4 is 0 Å². The van der Waals surface area contributed by atoms with E-state index in [0.717, 1.165) is 11.0 Å². The molecular formula is C17H38NO+. The number of nitrogens with zero attached hydrogens (tertiary/aromatic N) is 1. The van der Waals surface area contributed by atoms with E-state index in [1.54, 1.807) is 0 Å². The summed E-state index contributed by atoms with van der Waals surface area (Å²) in [6.07, 6.45) is 13.8. The van der Waals surface area contributed by atoms with E-state index in [1.807, 2.05) is 6.92 Å². The highest BCUT2D eigenvalue weighted by Gasteiger charge is 2.16. The van der Waals surface area contributed by atoms with Crippen LogP contribution in [-0.2, 0) is 0 Å². The highest BCUT2D eigenvalue weighted by molar-refractivity contribution is 4.49. The van der Waals surface area contributed by atoms with Crippen LogP contribution >= 0.6 is 0 Å². The summed E-state index contributed by atoms with van der Waals surface area (Å²) < 4.78 is 0.953. The van der Waals surface area contributed by atoms with E-state index in [4.69, 9.17) is 0 Å². The maximum atomic E-state index is 9.43. The summed E-state index contributed by atoms with van der Waals surface area (Å²) in [5, 5.41) is 9.43. The van der Waals surface area contributed by atoms with Gasteiger partial charge in [0, 0.05) is 0 Å². The van der Waals surface area contributed by atoms with Gasteiger partial charge in [-0.3, -0.25) is 0 Å². The first-order chi connectivity index (χ1) is 8.98. The fourth-order valence-corrected chi connectivity index (χ4v) is 2.83. The fraction of sp³-hybridized carbons (Fsp3) is 1.00. The Kier molecular flexibility index (Phi) is 11.7. The number of quaternary nitrogens is 1. The third-order valence-electron chi connectivity index (χ3n) is 3.88. The Hall–Kier alpha value is -0.0800. The van der Waals surface area contributed by atoms with Crippen LogP contribution in [0.2, 0.25) is 0 Å². The van der Waals surface area contributed by atoms with E-state index >= 15 is 0 Å². The highest BCUT2D eigenvalue weighted by Crippen LogP contribution is 2.11. The average molecular weight is 272 g/mol. The first-order valence-corrected chi connectivity index (χ1v) is 8.48. The van der Waals surface area contributed by atoms with E-state index in [9.17, 15) is 5.11 Å². The van der Waals surface area contributed by atoms with Gasteiger partial charge in [-0.2, -0.15) is 0 Å². The Balaban J connectivity index is 3.26. The zero-order valence-corrected chi connectivity index (χ0v) is 14.0. The minimum absolute atomic E-state index is 0.182. The lowest BCUT2D eigenvalue weighted by Crippen LogP contribution is -2.45. The number of unbranched alkanes of at least 4 members (excludes halogenated alkanes) is 9.